The van der Waals surface area contributed by atoms with Gasteiger partial charge < -0.3 is 10.8 Å². The van der Waals surface area contributed by atoms with Crippen LogP contribution in [0.2, 0.25) is 0 Å². The molecule has 0 bridgehead atoms. The molecule has 2 heterocycles. The molecule has 7 nitrogen and oxygen atoms in total. The summed E-state index contributed by atoms with van der Waals surface area (Å²) in [5, 5.41) is 11.6. The fourth-order valence-electron chi connectivity index (χ4n) is 6.12. The molecule has 4 unspecified atom stereocenters. The van der Waals surface area contributed by atoms with Gasteiger partial charge in [0, 0.05) is 23.7 Å². The van der Waals surface area contributed by atoms with Crippen molar-refractivity contribution in [2.24, 2.45) is 17.6 Å². The molecule has 2 aromatic carbocycles. The van der Waals surface area contributed by atoms with E-state index in [4.69, 9.17) is 5.73 Å². The lowest BCUT2D eigenvalue weighted by Gasteiger charge is -2.46. The topological polar surface area (TPSA) is 104 Å². The average Bonchev–Trinajstić information content (AvgIpc) is 3.14. The highest BCUT2D eigenvalue weighted by Crippen LogP contribution is 2.39. The van der Waals surface area contributed by atoms with Crippen molar-refractivity contribution in [3.63, 3.8) is 0 Å². The summed E-state index contributed by atoms with van der Waals surface area (Å²) in [4.78, 5) is 43.2. The van der Waals surface area contributed by atoms with Gasteiger partial charge in [0.1, 0.15) is 0 Å². The third-order valence-electron chi connectivity index (χ3n) is 8.02. The van der Waals surface area contributed by atoms with Crippen LogP contribution >= 0.6 is 11.8 Å². The van der Waals surface area contributed by atoms with Crippen LogP contribution in [0.1, 0.15) is 52.8 Å². The van der Waals surface area contributed by atoms with Crippen LogP contribution in [0.5, 0.6) is 0 Å². The Balaban J connectivity index is 1.39. The minimum atomic E-state index is -1.02. The maximum absolute atomic E-state index is 13.3. The summed E-state index contributed by atoms with van der Waals surface area (Å²) in [7, 11) is 0. The third-order valence-corrected chi connectivity index (χ3v) is 9.13. The summed E-state index contributed by atoms with van der Waals surface area (Å²) in [6, 6.07) is 15.3. The highest BCUT2D eigenvalue weighted by atomic mass is 32.2. The smallest absolute Gasteiger partial charge is 0.261 e. The first kappa shape index (κ1) is 25.0. The number of nitrogens with two attached hydrogens (primary N) is 1. The zero-order chi connectivity index (χ0) is 25.2. The van der Waals surface area contributed by atoms with Gasteiger partial charge >= 0.3 is 0 Å². The molecular formula is C28H33N3O4S. The largest absolute Gasteiger partial charge is 0.390 e. The van der Waals surface area contributed by atoms with Crippen molar-refractivity contribution in [3.8, 4) is 0 Å². The summed E-state index contributed by atoms with van der Waals surface area (Å²) in [5.74, 6) is 0.180. The number of piperidine rings is 1. The minimum Gasteiger partial charge on any atom is -0.390 e. The van der Waals surface area contributed by atoms with E-state index in [-0.39, 0.29) is 24.3 Å². The number of carbonyl (C=O) groups excluding carboxylic acids is 3. The first-order chi connectivity index (χ1) is 17.4. The third kappa shape index (κ3) is 4.94. The summed E-state index contributed by atoms with van der Waals surface area (Å²) in [6.45, 7) is 0.889. The first-order valence-electron chi connectivity index (χ1n) is 12.8. The average molecular weight is 508 g/mol. The van der Waals surface area contributed by atoms with Gasteiger partial charge in [-0.05, 0) is 48.9 Å². The number of likely N-dealkylation sites (tertiary alicyclic amines) is 1. The van der Waals surface area contributed by atoms with Crippen molar-refractivity contribution in [2.45, 2.75) is 55.2 Å². The van der Waals surface area contributed by atoms with E-state index in [1.807, 2.05) is 35.2 Å². The van der Waals surface area contributed by atoms with E-state index >= 15 is 0 Å². The number of hydrogen-bond acceptors (Lipinski definition) is 6. The molecule has 3 aliphatic rings. The fourth-order valence-corrected chi connectivity index (χ4v) is 7.21. The number of fused-ring (bicyclic) bond motifs is 2. The summed E-state index contributed by atoms with van der Waals surface area (Å²) in [6.07, 6.45) is 4.30. The molecule has 3 N–H and O–H groups in total. The lowest BCUT2D eigenvalue weighted by atomic mass is 9.72. The van der Waals surface area contributed by atoms with Crippen molar-refractivity contribution in [1.29, 1.82) is 0 Å². The predicted octanol–water partition coefficient (Wildman–Crippen LogP) is 3.17. The van der Waals surface area contributed by atoms with Gasteiger partial charge in [0.25, 0.3) is 11.8 Å². The number of amides is 3. The number of nitrogens with zero attached hydrogens (tertiary/aromatic N) is 2. The van der Waals surface area contributed by atoms with Crippen molar-refractivity contribution < 1.29 is 19.5 Å². The zero-order valence-electron chi connectivity index (χ0n) is 20.3. The molecule has 190 valence electrons. The molecule has 2 fully saturated rings. The van der Waals surface area contributed by atoms with E-state index < -0.39 is 18.2 Å². The van der Waals surface area contributed by atoms with Gasteiger partial charge in [-0.3, -0.25) is 24.2 Å². The second-order valence-corrected chi connectivity index (χ2v) is 11.3. The maximum atomic E-state index is 13.3. The number of rotatable bonds is 8. The SMILES string of the molecule is NC(=O)C1CC2CCCCC2CN1CC(O)[C@H](CSc1ccccc1)N1C(=O)c2ccccc2C1=O. The summed E-state index contributed by atoms with van der Waals surface area (Å²) in [5.41, 5.74) is 6.53. The van der Waals surface area contributed by atoms with Gasteiger partial charge in [-0.15, -0.1) is 11.8 Å². The number of imide groups is 1. The van der Waals surface area contributed by atoms with E-state index in [0.29, 0.717) is 41.7 Å². The van der Waals surface area contributed by atoms with Gasteiger partial charge in [0.15, 0.2) is 0 Å². The second-order valence-electron chi connectivity index (χ2n) is 10.2. The Morgan fingerprint density at radius 2 is 1.58 bits per heavy atom. The molecule has 1 aliphatic carbocycles. The molecule has 0 radical (unpaired) electrons. The Bertz CT molecular complexity index is 1090. The molecule has 2 aromatic rings. The number of aliphatic hydroxyl groups is 1. The van der Waals surface area contributed by atoms with Crippen LogP contribution in [0.25, 0.3) is 0 Å². The maximum Gasteiger partial charge on any atom is 0.261 e. The number of aliphatic hydroxyl groups excluding tert-OH is 1. The Labute approximate surface area is 216 Å². The normalized spacial score (nSPS) is 25.8. The minimum absolute atomic E-state index is 0.185. The highest BCUT2D eigenvalue weighted by molar-refractivity contribution is 7.99. The fraction of sp³-hybridized carbons (Fsp3) is 0.464. The van der Waals surface area contributed by atoms with E-state index in [1.54, 1.807) is 24.3 Å². The van der Waals surface area contributed by atoms with Gasteiger partial charge in [0.2, 0.25) is 5.91 Å². The van der Waals surface area contributed by atoms with E-state index in [2.05, 4.69) is 0 Å². The number of hydrogen-bond donors (Lipinski definition) is 2. The number of thioether (sulfide) groups is 1. The molecule has 1 saturated heterocycles. The van der Waals surface area contributed by atoms with Gasteiger partial charge in [-0.25, -0.2) is 0 Å². The Morgan fingerprint density at radius 3 is 2.22 bits per heavy atom. The van der Waals surface area contributed by atoms with Crippen molar-refractivity contribution in [1.82, 2.24) is 9.80 Å². The van der Waals surface area contributed by atoms with Crippen LogP contribution in [0.3, 0.4) is 0 Å². The van der Waals surface area contributed by atoms with Crippen molar-refractivity contribution >= 4 is 29.5 Å². The van der Waals surface area contributed by atoms with Gasteiger partial charge in [-0.1, -0.05) is 49.6 Å². The second kappa shape index (κ2) is 10.7. The van der Waals surface area contributed by atoms with Crippen LogP contribution < -0.4 is 5.73 Å². The van der Waals surface area contributed by atoms with E-state index in [9.17, 15) is 19.5 Å². The quantitative estimate of drug-likeness (QED) is 0.420. The molecule has 0 spiro atoms. The van der Waals surface area contributed by atoms with Crippen LogP contribution in [-0.4, -0.2) is 69.7 Å². The van der Waals surface area contributed by atoms with Crippen molar-refractivity contribution in [2.75, 3.05) is 18.8 Å². The summed E-state index contributed by atoms with van der Waals surface area (Å²) >= 11 is 1.50. The molecule has 2 aliphatic heterocycles. The lowest BCUT2D eigenvalue weighted by molar-refractivity contribution is -0.128. The number of benzene rings is 2. The molecule has 0 aromatic heterocycles. The molecular weight excluding hydrogens is 474 g/mol. The van der Waals surface area contributed by atoms with Gasteiger partial charge in [0.05, 0.1) is 29.3 Å². The number of primary amides is 1. The zero-order valence-corrected chi connectivity index (χ0v) is 21.1. The van der Waals surface area contributed by atoms with Crippen LogP contribution in [0, 0.1) is 11.8 Å². The lowest BCUT2D eigenvalue weighted by Crippen LogP contribution is -2.58. The molecule has 1 saturated carbocycles. The van der Waals surface area contributed by atoms with Gasteiger partial charge in [-0.2, -0.15) is 0 Å². The molecule has 36 heavy (non-hydrogen) atoms. The standard InChI is InChI=1S/C28H33N3O4S/c29-26(33)23-14-18-8-4-5-9-19(18)15-30(23)16-25(32)24(17-36-20-10-2-1-3-11-20)31-27(34)21-12-6-7-13-22(21)28(31)35/h1-3,6-7,10-13,18-19,23-25,32H,4-5,8-9,14-17H2,(H2,29,33)/t18?,19?,23?,24-,25?/m0/s1. The van der Waals surface area contributed by atoms with E-state index in [1.165, 1.54) is 29.5 Å². The Morgan fingerprint density at radius 1 is 0.972 bits per heavy atom. The monoisotopic (exact) mass is 507 g/mol. The molecule has 5 atom stereocenters. The highest BCUT2D eigenvalue weighted by Gasteiger charge is 2.45. The van der Waals surface area contributed by atoms with Crippen LogP contribution in [-0.2, 0) is 4.79 Å². The summed E-state index contributed by atoms with van der Waals surface area (Å²) < 4.78 is 0. The van der Waals surface area contributed by atoms with Crippen LogP contribution in [0.15, 0.2) is 59.5 Å². The molecule has 8 heteroatoms. The Kier molecular flexibility index (Phi) is 7.46. The van der Waals surface area contributed by atoms with Crippen LogP contribution in [0.4, 0.5) is 0 Å². The molecule has 5 rings (SSSR count). The molecule has 3 amide bonds. The van der Waals surface area contributed by atoms with Crippen molar-refractivity contribution in [3.05, 3.63) is 65.7 Å². The Hall–Kier alpha value is -2.68. The van der Waals surface area contributed by atoms with E-state index in [0.717, 1.165) is 17.7 Å². The number of β-amino-alcohol motifs (C(OH)–C–C–N with tert-alkyl or cyclic N) is 1. The number of carbonyl (C=O) groups is 3. The first-order valence-corrected chi connectivity index (χ1v) is 13.8. The predicted molar refractivity (Wildman–Crippen MR) is 139 cm³/mol.